The molecule has 1 aromatic heterocycles. The van der Waals surface area contributed by atoms with Crippen molar-refractivity contribution in [2.45, 2.75) is 32.7 Å². The SMILES string of the molecule is CC(C)(C)n1ccnc(N2CCCNCC2)c1=O. The molecule has 0 aliphatic carbocycles. The lowest BCUT2D eigenvalue weighted by Crippen LogP contribution is -2.40. The summed E-state index contributed by atoms with van der Waals surface area (Å²) in [6, 6.07) is 0. The van der Waals surface area contributed by atoms with Crippen LogP contribution in [0.4, 0.5) is 5.82 Å². The van der Waals surface area contributed by atoms with Crippen molar-refractivity contribution in [1.29, 1.82) is 0 Å². The fourth-order valence-corrected chi connectivity index (χ4v) is 2.20. The predicted octanol–water partition coefficient (Wildman–Crippen LogP) is 0.798. The number of aromatic nitrogens is 2. The Kier molecular flexibility index (Phi) is 3.71. The van der Waals surface area contributed by atoms with Crippen molar-refractivity contribution in [1.82, 2.24) is 14.9 Å². The molecule has 0 unspecified atom stereocenters. The van der Waals surface area contributed by atoms with E-state index in [2.05, 4.69) is 15.2 Å². The molecule has 1 fully saturated rings. The van der Waals surface area contributed by atoms with Gasteiger partial charge in [-0.2, -0.15) is 0 Å². The summed E-state index contributed by atoms with van der Waals surface area (Å²) in [6.07, 6.45) is 4.54. The van der Waals surface area contributed by atoms with E-state index < -0.39 is 0 Å². The van der Waals surface area contributed by atoms with Crippen LogP contribution in [0.5, 0.6) is 0 Å². The minimum absolute atomic E-state index is 0.00639. The standard InChI is InChI=1S/C13H22N4O/c1-13(2,3)17-10-7-15-11(12(17)18)16-8-4-5-14-6-9-16/h7,10,14H,4-6,8-9H2,1-3H3. The average molecular weight is 250 g/mol. The minimum Gasteiger partial charge on any atom is -0.351 e. The topological polar surface area (TPSA) is 50.2 Å². The molecule has 1 aliphatic rings. The Bertz CT molecular complexity index is 453. The maximum absolute atomic E-state index is 12.5. The minimum atomic E-state index is -0.209. The van der Waals surface area contributed by atoms with Gasteiger partial charge in [-0.15, -0.1) is 0 Å². The van der Waals surface area contributed by atoms with E-state index in [4.69, 9.17) is 0 Å². The summed E-state index contributed by atoms with van der Waals surface area (Å²) in [7, 11) is 0. The lowest BCUT2D eigenvalue weighted by molar-refractivity contribution is 0.382. The number of nitrogens with one attached hydrogen (secondary N) is 1. The van der Waals surface area contributed by atoms with Crippen molar-refractivity contribution in [3.63, 3.8) is 0 Å². The van der Waals surface area contributed by atoms with Crippen molar-refractivity contribution in [2.75, 3.05) is 31.1 Å². The van der Waals surface area contributed by atoms with Crippen LogP contribution in [0.25, 0.3) is 0 Å². The summed E-state index contributed by atoms with van der Waals surface area (Å²) < 4.78 is 1.76. The number of hydrogen-bond donors (Lipinski definition) is 1. The van der Waals surface area contributed by atoms with E-state index >= 15 is 0 Å². The van der Waals surface area contributed by atoms with Crippen LogP contribution in [0.2, 0.25) is 0 Å². The third-order valence-electron chi connectivity index (χ3n) is 3.18. The molecule has 100 valence electrons. The van der Waals surface area contributed by atoms with Gasteiger partial charge in [-0.1, -0.05) is 0 Å². The van der Waals surface area contributed by atoms with Crippen LogP contribution in [-0.2, 0) is 5.54 Å². The van der Waals surface area contributed by atoms with Crippen LogP contribution in [-0.4, -0.2) is 35.7 Å². The number of hydrogen-bond acceptors (Lipinski definition) is 4. The lowest BCUT2D eigenvalue weighted by Gasteiger charge is -2.26. The maximum atomic E-state index is 12.5. The molecule has 2 rings (SSSR count). The van der Waals surface area contributed by atoms with E-state index in [1.165, 1.54) is 0 Å². The lowest BCUT2D eigenvalue weighted by atomic mass is 10.1. The molecule has 0 bridgehead atoms. The van der Waals surface area contributed by atoms with Gasteiger partial charge in [0, 0.05) is 37.6 Å². The molecule has 5 nitrogen and oxygen atoms in total. The Morgan fingerprint density at radius 2 is 2.06 bits per heavy atom. The van der Waals surface area contributed by atoms with E-state index in [-0.39, 0.29) is 11.1 Å². The molecule has 5 heteroatoms. The Morgan fingerprint density at radius 1 is 1.28 bits per heavy atom. The average Bonchev–Trinajstić information content (AvgIpc) is 2.56. The summed E-state index contributed by atoms with van der Waals surface area (Å²) in [5.74, 6) is 0.580. The molecule has 1 aromatic rings. The Labute approximate surface area is 108 Å². The third-order valence-corrected chi connectivity index (χ3v) is 3.18. The van der Waals surface area contributed by atoms with E-state index in [1.54, 1.807) is 17.0 Å². The van der Waals surface area contributed by atoms with Crippen LogP contribution in [0.3, 0.4) is 0 Å². The smallest absolute Gasteiger partial charge is 0.293 e. The largest absolute Gasteiger partial charge is 0.351 e. The Hall–Kier alpha value is -1.36. The normalized spacial score (nSPS) is 17.6. The molecule has 18 heavy (non-hydrogen) atoms. The van der Waals surface area contributed by atoms with Gasteiger partial charge in [0.15, 0.2) is 5.82 Å². The Morgan fingerprint density at radius 3 is 2.78 bits per heavy atom. The number of nitrogens with zero attached hydrogens (tertiary/aromatic N) is 3. The van der Waals surface area contributed by atoms with E-state index in [1.807, 2.05) is 20.8 Å². The fraction of sp³-hybridized carbons (Fsp3) is 0.692. The second-order valence-electron chi connectivity index (χ2n) is 5.69. The summed E-state index contributed by atoms with van der Waals surface area (Å²) in [6.45, 7) is 9.74. The van der Waals surface area contributed by atoms with Crippen LogP contribution in [0.15, 0.2) is 17.2 Å². The highest BCUT2D eigenvalue weighted by molar-refractivity contribution is 5.36. The Balaban J connectivity index is 2.36. The molecular formula is C13H22N4O. The zero-order valence-electron chi connectivity index (χ0n) is 11.4. The van der Waals surface area contributed by atoms with Gasteiger partial charge in [0.25, 0.3) is 5.56 Å². The molecule has 1 aliphatic heterocycles. The summed E-state index contributed by atoms with van der Waals surface area (Å²) in [5.41, 5.74) is -0.203. The highest BCUT2D eigenvalue weighted by Crippen LogP contribution is 2.13. The quantitative estimate of drug-likeness (QED) is 0.801. The molecule has 0 saturated carbocycles. The molecule has 0 spiro atoms. The molecule has 0 radical (unpaired) electrons. The fourth-order valence-electron chi connectivity index (χ4n) is 2.20. The van der Waals surface area contributed by atoms with E-state index in [0.717, 1.165) is 32.6 Å². The van der Waals surface area contributed by atoms with Gasteiger partial charge in [0.05, 0.1) is 0 Å². The van der Waals surface area contributed by atoms with Gasteiger partial charge in [-0.05, 0) is 33.7 Å². The van der Waals surface area contributed by atoms with Crippen LogP contribution < -0.4 is 15.8 Å². The number of rotatable bonds is 1. The molecule has 0 amide bonds. The maximum Gasteiger partial charge on any atom is 0.293 e. The van der Waals surface area contributed by atoms with Gasteiger partial charge in [-0.3, -0.25) is 4.79 Å². The van der Waals surface area contributed by atoms with Crippen molar-refractivity contribution in [2.24, 2.45) is 0 Å². The predicted molar refractivity (Wildman–Crippen MR) is 73.2 cm³/mol. The molecule has 1 N–H and O–H groups in total. The van der Waals surface area contributed by atoms with Gasteiger partial charge < -0.3 is 14.8 Å². The zero-order valence-corrected chi connectivity index (χ0v) is 11.4. The van der Waals surface area contributed by atoms with Crippen molar-refractivity contribution in [3.8, 4) is 0 Å². The van der Waals surface area contributed by atoms with E-state index in [0.29, 0.717) is 5.82 Å². The second-order valence-corrected chi connectivity index (χ2v) is 5.69. The van der Waals surface area contributed by atoms with Crippen molar-refractivity contribution < 1.29 is 0 Å². The van der Waals surface area contributed by atoms with Crippen LogP contribution in [0, 0.1) is 0 Å². The van der Waals surface area contributed by atoms with Crippen LogP contribution in [0.1, 0.15) is 27.2 Å². The number of anilines is 1. The first-order valence-corrected chi connectivity index (χ1v) is 6.54. The first-order chi connectivity index (χ1) is 8.50. The van der Waals surface area contributed by atoms with Gasteiger partial charge in [-0.25, -0.2) is 4.98 Å². The zero-order chi connectivity index (χ0) is 13.2. The molecule has 2 heterocycles. The van der Waals surface area contributed by atoms with Gasteiger partial charge >= 0.3 is 0 Å². The molecule has 0 aromatic carbocycles. The summed E-state index contributed by atoms with van der Waals surface area (Å²) in [5, 5.41) is 3.33. The van der Waals surface area contributed by atoms with Gasteiger partial charge in [0.2, 0.25) is 0 Å². The monoisotopic (exact) mass is 250 g/mol. The van der Waals surface area contributed by atoms with Crippen LogP contribution >= 0.6 is 0 Å². The molecular weight excluding hydrogens is 228 g/mol. The van der Waals surface area contributed by atoms with Gasteiger partial charge in [0.1, 0.15) is 0 Å². The molecule has 1 saturated heterocycles. The first kappa shape index (κ1) is 13.1. The third kappa shape index (κ3) is 2.72. The highest BCUT2D eigenvalue weighted by Gasteiger charge is 2.20. The molecule has 0 atom stereocenters. The first-order valence-electron chi connectivity index (χ1n) is 6.54. The van der Waals surface area contributed by atoms with Crippen molar-refractivity contribution >= 4 is 5.82 Å². The highest BCUT2D eigenvalue weighted by atomic mass is 16.1. The second kappa shape index (κ2) is 5.10. The summed E-state index contributed by atoms with van der Waals surface area (Å²) >= 11 is 0. The van der Waals surface area contributed by atoms with E-state index in [9.17, 15) is 4.79 Å². The van der Waals surface area contributed by atoms with Crippen molar-refractivity contribution in [3.05, 3.63) is 22.7 Å². The summed E-state index contributed by atoms with van der Waals surface area (Å²) in [4.78, 5) is 18.8.